The fourth-order valence-corrected chi connectivity index (χ4v) is 3.26. The van der Waals surface area contributed by atoms with Crippen molar-refractivity contribution in [3.63, 3.8) is 0 Å². The van der Waals surface area contributed by atoms with Crippen LogP contribution in [0.1, 0.15) is 21.1 Å². The fourth-order valence-electron chi connectivity index (χ4n) is 2.07. The van der Waals surface area contributed by atoms with E-state index in [1.165, 1.54) is 11.3 Å². The first-order valence-corrected chi connectivity index (χ1v) is 8.59. The van der Waals surface area contributed by atoms with Crippen LogP contribution in [-0.2, 0) is 6.42 Å². The topological polar surface area (TPSA) is 67.8 Å². The van der Waals surface area contributed by atoms with E-state index >= 15 is 0 Å². The summed E-state index contributed by atoms with van der Waals surface area (Å²) in [4.78, 5) is 25.3. The van der Waals surface area contributed by atoms with Crippen molar-refractivity contribution in [1.82, 2.24) is 15.0 Å². The number of ketones is 1. The lowest BCUT2D eigenvalue weighted by Gasteiger charge is -2.03. The molecule has 0 saturated heterocycles. The van der Waals surface area contributed by atoms with E-state index in [9.17, 15) is 4.79 Å². The second-order valence-corrected chi connectivity index (χ2v) is 6.79. The lowest BCUT2D eigenvalue weighted by Crippen LogP contribution is -2.01. The summed E-state index contributed by atoms with van der Waals surface area (Å²) in [5.74, 6) is 1.05. The number of benzene rings is 1. The highest BCUT2D eigenvalue weighted by Crippen LogP contribution is 2.25. The molecule has 24 heavy (non-hydrogen) atoms. The molecule has 0 saturated carbocycles. The Kier molecular flexibility index (Phi) is 5.08. The summed E-state index contributed by atoms with van der Waals surface area (Å²) in [5, 5.41) is 4.52. The molecular formula is C16H12Cl2N4OS. The van der Waals surface area contributed by atoms with Gasteiger partial charge in [0.15, 0.2) is 10.9 Å². The number of aryl methyl sites for hydroxylation is 1. The number of nitrogens with zero attached hydrogens (tertiary/aromatic N) is 3. The first-order chi connectivity index (χ1) is 11.5. The molecule has 1 aromatic carbocycles. The second kappa shape index (κ2) is 7.25. The van der Waals surface area contributed by atoms with Crippen molar-refractivity contribution in [2.45, 2.75) is 13.3 Å². The molecule has 0 atom stereocenters. The van der Waals surface area contributed by atoms with Gasteiger partial charge in [-0.25, -0.2) is 15.0 Å². The maximum Gasteiger partial charge on any atom is 0.188 e. The van der Waals surface area contributed by atoms with Gasteiger partial charge in [-0.3, -0.25) is 4.79 Å². The fraction of sp³-hybridized carbons (Fsp3) is 0.125. The minimum atomic E-state index is -0.0365. The highest BCUT2D eigenvalue weighted by Gasteiger charge is 2.13. The molecule has 5 nitrogen and oxygen atoms in total. The molecule has 0 fully saturated rings. The highest BCUT2D eigenvalue weighted by molar-refractivity contribution is 7.17. The molecule has 0 bridgehead atoms. The quantitative estimate of drug-likeness (QED) is 0.513. The summed E-state index contributed by atoms with van der Waals surface area (Å²) >= 11 is 13.3. The van der Waals surface area contributed by atoms with Crippen LogP contribution in [0, 0.1) is 6.92 Å². The van der Waals surface area contributed by atoms with E-state index in [1.54, 1.807) is 25.3 Å². The number of carbonyl (C=O) groups is 1. The molecule has 3 rings (SSSR count). The molecule has 0 aliphatic carbocycles. The summed E-state index contributed by atoms with van der Waals surface area (Å²) in [5.41, 5.74) is 0.797. The number of anilines is 2. The Balaban J connectivity index is 1.73. The van der Waals surface area contributed by atoms with Crippen LogP contribution in [0.4, 0.5) is 10.9 Å². The van der Waals surface area contributed by atoms with Crippen LogP contribution in [0.2, 0.25) is 10.2 Å². The third kappa shape index (κ3) is 4.08. The van der Waals surface area contributed by atoms with Crippen molar-refractivity contribution in [3.8, 4) is 0 Å². The SMILES string of the molecule is Cc1nc(Cl)cc(Nc2ncc(C(=O)Cc3ccccc3Cl)s2)n1. The van der Waals surface area contributed by atoms with E-state index in [2.05, 4.69) is 20.3 Å². The van der Waals surface area contributed by atoms with Crippen LogP contribution >= 0.6 is 34.5 Å². The third-order valence-electron chi connectivity index (χ3n) is 3.13. The van der Waals surface area contributed by atoms with Crippen molar-refractivity contribution in [2.75, 3.05) is 5.32 Å². The number of halogens is 2. The van der Waals surface area contributed by atoms with Gasteiger partial charge < -0.3 is 5.32 Å². The number of hydrogen-bond donors (Lipinski definition) is 1. The van der Waals surface area contributed by atoms with E-state index in [0.29, 0.717) is 31.8 Å². The minimum Gasteiger partial charge on any atom is -0.316 e. The van der Waals surface area contributed by atoms with E-state index in [4.69, 9.17) is 23.2 Å². The number of hydrogen-bond acceptors (Lipinski definition) is 6. The van der Waals surface area contributed by atoms with Gasteiger partial charge in [0.05, 0.1) is 11.1 Å². The molecule has 2 aromatic heterocycles. The minimum absolute atomic E-state index is 0.0365. The van der Waals surface area contributed by atoms with Crippen LogP contribution in [0.15, 0.2) is 36.5 Å². The van der Waals surface area contributed by atoms with E-state index < -0.39 is 0 Å². The smallest absolute Gasteiger partial charge is 0.188 e. The van der Waals surface area contributed by atoms with Gasteiger partial charge in [-0.15, -0.1) is 0 Å². The predicted octanol–water partition coefficient (Wildman–Crippen LogP) is 4.72. The molecule has 0 unspecified atom stereocenters. The van der Waals surface area contributed by atoms with Crippen molar-refractivity contribution >= 4 is 51.3 Å². The summed E-state index contributed by atoms with van der Waals surface area (Å²) in [6.45, 7) is 1.75. The van der Waals surface area contributed by atoms with Gasteiger partial charge in [0, 0.05) is 17.5 Å². The van der Waals surface area contributed by atoms with Crippen LogP contribution in [0.3, 0.4) is 0 Å². The van der Waals surface area contributed by atoms with Crippen molar-refractivity contribution in [2.24, 2.45) is 0 Å². The van der Waals surface area contributed by atoms with Gasteiger partial charge >= 0.3 is 0 Å². The average Bonchev–Trinajstić information content (AvgIpc) is 2.97. The first kappa shape index (κ1) is 16.8. The number of aromatic nitrogens is 3. The van der Waals surface area contributed by atoms with E-state index in [1.807, 2.05) is 18.2 Å². The zero-order valence-electron chi connectivity index (χ0n) is 12.6. The molecule has 0 spiro atoms. The van der Waals surface area contributed by atoms with Crippen molar-refractivity contribution in [3.05, 3.63) is 63.0 Å². The Bertz CT molecular complexity index is 877. The van der Waals surface area contributed by atoms with E-state index in [0.717, 1.165) is 5.56 Å². The highest BCUT2D eigenvalue weighted by atomic mass is 35.5. The Morgan fingerprint density at radius 2 is 2.04 bits per heavy atom. The zero-order valence-corrected chi connectivity index (χ0v) is 14.9. The summed E-state index contributed by atoms with van der Waals surface area (Å²) in [6, 6.07) is 8.90. The van der Waals surface area contributed by atoms with Gasteiger partial charge in [-0.2, -0.15) is 0 Å². The summed E-state index contributed by atoms with van der Waals surface area (Å²) in [6.07, 6.45) is 1.78. The molecule has 3 aromatic rings. The predicted molar refractivity (Wildman–Crippen MR) is 96.7 cm³/mol. The third-order valence-corrected chi connectivity index (χ3v) is 4.65. The second-order valence-electron chi connectivity index (χ2n) is 4.97. The molecule has 0 aliphatic heterocycles. The molecule has 122 valence electrons. The van der Waals surface area contributed by atoms with Crippen molar-refractivity contribution in [1.29, 1.82) is 0 Å². The van der Waals surface area contributed by atoms with E-state index in [-0.39, 0.29) is 12.2 Å². The summed E-state index contributed by atoms with van der Waals surface area (Å²) < 4.78 is 0. The molecule has 0 radical (unpaired) electrons. The van der Waals surface area contributed by atoms with Crippen LogP contribution in [0.5, 0.6) is 0 Å². The van der Waals surface area contributed by atoms with Gasteiger partial charge in [0.2, 0.25) is 0 Å². The number of rotatable bonds is 5. The Morgan fingerprint density at radius 3 is 2.79 bits per heavy atom. The normalized spacial score (nSPS) is 10.6. The standard InChI is InChI=1S/C16H12Cl2N4OS/c1-9-20-14(18)7-15(21-9)22-16-19-8-13(24-16)12(23)6-10-4-2-3-5-11(10)17/h2-5,7-8H,6H2,1H3,(H,19,20,21,22). The number of thiazole rings is 1. The average molecular weight is 379 g/mol. The molecule has 8 heteroatoms. The number of nitrogens with one attached hydrogen (secondary N) is 1. The molecule has 1 N–H and O–H groups in total. The maximum atomic E-state index is 12.4. The lowest BCUT2D eigenvalue weighted by atomic mass is 10.1. The Morgan fingerprint density at radius 1 is 1.25 bits per heavy atom. The van der Waals surface area contributed by atoms with Crippen molar-refractivity contribution < 1.29 is 4.79 Å². The Labute approximate surface area is 152 Å². The molecule has 2 heterocycles. The number of carbonyl (C=O) groups excluding carboxylic acids is 1. The van der Waals surface area contributed by atoms with Crippen LogP contribution in [0.25, 0.3) is 0 Å². The van der Waals surface area contributed by atoms with Gasteiger partial charge in [-0.05, 0) is 18.6 Å². The maximum absolute atomic E-state index is 12.4. The van der Waals surface area contributed by atoms with Gasteiger partial charge in [0.25, 0.3) is 0 Å². The van der Waals surface area contributed by atoms with Crippen LogP contribution in [-0.4, -0.2) is 20.7 Å². The van der Waals surface area contributed by atoms with Crippen LogP contribution < -0.4 is 5.32 Å². The first-order valence-electron chi connectivity index (χ1n) is 7.02. The van der Waals surface area contributed by atoms with Gasteiger partial charge in [-0.1, -0.05) is 52.7 Å². The van der Waals surface area contributed by atoms with Gasteiger partial charge in [0.1, 0.15) is 16.8 Å². The largest absolute Gasteiger partial charge is 0.316 e. The molecular weight excluding hydrogens is 367 g/mol. The zero-order chi connectivity index (χ0) is 17.1. The molecule has 0 amide bonds. The Hall–Kier alpha value is -2.02. The molecule has 0 aliphatic rings. The summed E-state index contributed by atoms with van der Waals surface area (Å²) in [7, 11) is 0. The number of Topliss-reactive ketones (excluding diaryl/α,β-unsaturated/α-hetero) is 1. The monoisotopic (exact) mass is 378 g/mol. The lowest BCUT2D eigenvalue weighted by molar-refractivity contribution is 0.0996.